The molecule has 5 rings (SSSR count). The lowest BCUT2D eigenvalue weighted by Crippen LogP contribution is -2.42. The predicted molar refractivity (Wildman–Crippen MR) is 152 cm³/mol. The van der Waals surface area contributed by atoms with Gasteiger partial charge in [0.1, 0.15) is 0 Å². The molecule has 0 spiro atoms. The highest BCUT2D eigenvalue weighted by molar-refractivity contribution is 7.89. The Hall–Kier alpha value is -3.69. The molecule has 2 heterocycles. The molecule has 39 heavy (non-hydrogen) atoms. The van der Waals surface area contributed by atoms with Crippen LogP contribution >= 0.6 is 0 Å². The fraction of sp³-hybridized carbons (Fsp3) is 0.333. The van der Waals surface area contributed by atoms with E-state index in [4.69, 9.17) is 4.74 Å². The monoisotopic (exact) mass is 547 g/mol. The fourth-order valence-corrected chi connectivity index (χ4v) is 7.34. The van der Waals surface area contributed by atoms with Crippen LogP contribution in [0.5, 0.6) is 0 Å². The van der Waals surface area contributed by atoms with Gasteiger partial charge in [0.25, 0.3) is 5.91 Å². The topological polar surface area (TPSA) is 97.7 Å². The first kappa shape index (κ1) is 26.9. The standard InChI is InChI=1S/C30H33N3O5S/c1-4-33-27-11-6-5-10-25(27)26-16-23(12-13-28(26)33)31-29(34)19-38-30(35)22-8-7-9-24(15-22)39(36,37)32-17-20(2)14-21(3)18-32/h5-13,15-16,20-21H,4,14,17-19H2,1-3H3,(H,31,34)/t20-,21-/m0/s1. The number of esters is 1. The van der Waals surface area contributed by atoms with Gasteiger partial charge in [-0.3, -0.25) is 4.79 Å². The first-order valence-corrected chi connectivity index (χ1v) is 14.7. The van der Waals surface area contributed by atoms with Crippen LogP contribution in [0, 0.1) is 11.8 Å². The summed E-state index contributed by atoms with van der Waals surface area (Å²) in [7, 11) is -3.75. The molecule has 1 aromatic heterocycles. The largest absolute Gasteiger partial charge is 0.452 e. The summed E-state index contributed by atoms with van der Waals surface area (Å²) in [6.07, 6.45) is 0.983. The normalized spacial score (nSPS) is 18.3. The summed E-state index contributed by atoms with van der Waals surface area (Å²) < 4.78 is 35.4. The molecule has 0 saturated carbocycles. The van der Waals surface area contributed by atoms with Crippen LogP contribution in [-0.4, -0.2) is 48.9 Å². The minimum Gasteiger partial charge on any atom is -0.452 e. The maximum absolute atomic E-state index is 13.2. The first-order valence-electron chi connectivity index (χ1n) is 13.3. The van der Waals surface area contributed by atoms with E-state index in [0.717, 1.165) is 34.8 Å². The molecule has 0 aliphatic carbocycles. The number of carbonyl (C=O) groups is 2. The Morgan fingerprint density at radius 1 is 0.923 bits per heavy atom. The summed E-state index contributed by atoms with van der Waals surface area (Å²) in [5.74, 6) is -0.714. The average Bonchev–Trinajstić information content (AvgIpc) is 3.24. The van der Waals surface area contributed by atoms with E-state index in [-0.39, 0.29) is 22.3 Å². The number of aryl methyl sites for hydroxylation is 1. The fourth-order valence-electron chi connectivity index (χ4n) is 5.62. The molecule has 1 fully saturated rings. The molecule has 8 nitrogen and oxygen atoms in total. The third-order valence-corrected chi connectivity index (χ3v) is 9.08. The van der Waals surface area contributed by atoms with Crippen LogP contribution in [0.4, 0.5) is 5.69 Å². The van der Waals surface area contributed by atoms with Crippen LogP contribution in [0.15, 0.2) is 71.6 Å². The van der Waals surface area contributed by atoms with Crippen molar-refractivity contribution >= 4 is 49.4 Å². The maximum atomic E-state index is 13.2. The molecule has 2 atom stereocenters. The van der Waals surface area contributed by atoms with Gasteiger partial charge in [0.15, 0.2) is 6.61 Å². The van der Waals surface area contributed by atoms with Crippen LogP contribution in [0.25, 0.3) is 21.8 Å². The predicted octanol–water partition coefficient (Wildman–Crippen LogP) is 5.28. The molecule has 1 aliphatic heterocycles. The number of benzene rings is 3. The number of anilines is 1. The number of rotatable bonds is 7. The zero-order valence-electron chi connectivity index (χ0n) is 22.4. The third-order valence-electron chi connectivity index (χ3n) is 7.25. The van der Waals surface area contributed by atoms with Gasteiger partial charge in [-0.1, -0.05) is 38.1 Å². The van der Waals surface area contributed by atoms with Crippen LogP contribution in [0.2, 0.25) is 0 Å². The van der Waals surface area contributed by atoms with Crippen molar-refractivity contribution in [3.05, 3.63) is 72.3 Å². The highest BCUT2D eigenvalue weighted by atomic mass is 32.2. The first-order chi connectivity index (χ1) is 18.7. The number of ether oxygens (including phenoxy) is 1. The van der Waals surface area contributed by atoms with Crippen LogP contribution in [0.1, 0.15) is 37.6 Å². The summed E-state index contributed by atoms with van der Waals surface area (Å²) in [4.78, 5) is 25.4. The maximum Gasteiger partial charge on any atom is 0.338 e. The molecular formula is C30H33N3O5S. The Bertz CT molecular complexity index is 1650. The molecule has 204 valence electrons. The highest BCUT2D eigenvalue weighted by Gasteiger charge is 2.32. The second-order valence-corrected chi connectivity index (χ2v) is 12.4. The number of fused-ring (bicyclic) bond motifs is 3. The van der Waals surface area contributed by atoms with Gasteiger partial charge in [-0.15, -0.1) is 0 Å². The average molecular weight is 548 g/mol. The Kier molecular flexibility index (Phi) is 7.46. The van der Waals surface area contributed by atoms with Crippen LogP contribution in [-0.2, 0) is 26.1 Å². The molecule has 0 unspecified atom stereocenters. The lowest BCUT2D eigenvalue weighted by Gasteiger charge is -2.34. The molecule has 0 radical (unpaired) electrons. The molecule has 0 bridgehead atoms. The second kappa shape index (κ2) is 10.8. The number of piperidine rings is 1. The second-order valence-electron chi connectivity index (χ2n) is 10.4. The van der Waals surface area contributed by atoms with E-state index in [1.54, 1.807) is 0 Å². The van der Waals surface area contributed by atoms with E-state index in [1.807, 2.05) is 44.2 Å². The number of amides is 1. The Morgan fingerprint density at radius 3 is 2.38 bits per heavy atom. The molecule has 1 aliphatic rings. The Morgan fingerprint density at radius 2 is 1.64 bits per heavy atom. The lowest BCUT2D eigenvalue weighted by molar-refractivity contribution is -0.119. The Balaban J connectivity index is 1.26. The van der Waals surface area contributed by atoms with Crippen LogP contribution in [0.3, 0.4) is 0 Å². The summed E-state index contributed by atoms with van der Waals surface area (Å²) in [6.45, 7) is 7.40. The van der Waals surface area contributed by atoms with E-state index >= 15 is 0 Å². The van der Waals surface area contributed by atoms with Gasteiger partial charge in [-0.05, 0) is 67.6 Å². The number of para-hydroxylation sites is 1. The number of hydrogen-bond acceptors (Lipinski definition) is 5. The summed E-state index contributed by atoms with van der Waals surface area (Å²) in [5, 5.41) is 4.91. The molecule has 1 saturated heterocycles. The highest BCUT2D eigenvalue weighted by Crippen LogP contribution is 2.31. The van der Waals surface area contributed by atoms with Crippen molar-refractivity contribution in [1.82, 2.24) is 8.87 Å². The van der Waals surface area contributed by atoms with Crippen molar-refractivity contribution in [2.24, 2.45) is 11.8 Å². The molecule has 3 aromatic carbocycles. The minimum absolute atomic E-state index is 0.0437. The van der Waals surface area contributed by atoms with Gasteiger partial charge < -0.3 is 14.6 Å². The van der Waals surface area contributed by atoms with E-state index in [1.165, 1.54) is 28.6 Å². The van der Waals surface area contributed by atoms with Gasteiger partial charge in [0.2, 0.25) is 10.0 Å². The van der Waals surface area contributed by atoms with Gasteiger partial charge in [0.05, 0.1) is 10.5 Å². The van der Waals surface area contributed by atoms with Crippen molar-refractivity contribution in [3.8, 4) is 0 Å². The van der Waals surface area contributed by atoms with Crippen molar-refractivity contribution in [1.29, 1.82) is 0 Å². The van der Waals surface area contributed by atoms with Crippen molar-refractivity contribution < 1.29 is 22.7 Å². The van der Waals surface area contributed by atoms with Gasteiger partial charge in [0, 0.05) is 47.1 Å². The summed E-state index contributed by atoms with van der Waals surface area (Å²) >= 11 is 0. The van der Waals surface area contributed by atoms with Crippen LogP contribution < -0.4 is 5.32 Å². The van der Waals surface area contributed by atoms with E-state index in [9.17, 15) is 18.0 Å². The number of nitrogens with one attached hydrogen (secondary N) is 1. The van der Waals surface area contributed by atoms with Crippen molar-refractivity contribution in [2.75, 3.05) is 25.0 Å². The number of nitrogens with zero attached hydrogens (tertiary/aromatic N) is 2. The Labute approximate surface area is 228 Å². The smallest absolute Gasteiger partial charge is 0.338 e. The van der Waals surface area contributed by atoms with Crippen molar-refractivity contribution in [3.63, 3.8) is 0 Å². The SMILES string of the molecule is CCn1c2ccccc2c2cc(NC(=O)COC(=O)c3cccc(S(=O)(=O)N4C[C@@H](C)C[C@H](C)C4)c3)ccc21. The lowest BCUT2D eigenvalue weighted by atomic mass is 9.94. The van der Waals surface area contributed by atoms with E-state index in [2.05, 4.69) is 28.9 Å². The quantitative estimate of drug-likeness (QED) is 0.318. The van der Waals surface area contributed by atoms with Gasteiger partial charge >= 0.3 is 5.97 Å². The zero-order valence-corrected chi connectivity index (χ0v) is 23.2. The van der Waals surface area contributed by atoms with E-state index in [0.29, 0.717) is 18.8 Å². The number of carbonyl (C=O) groups excluding carboxylic acids is 2. The minimum atomic E-state index is -3.75. The molecule has 1 N–H and O–H groups in total. The van der Waals surface area contributed by atoms with E-state index < -0.39 is 28.5 Å². The number of sulfonamides is 1. The molecule has 9 heteroatoms. The summed E-state index contributed by atoms with van der Waals surface area (Å²) in [5.41, 5.74) is 2.88. The van der Waals surface area contributed by atoms with Gasteiger partial charge in [-0.25, -0.2) is 13.2 Å². The summed E-state index contributed by atoms with van der Waals surface area (Å²) in [6, 6.07) is 19.6. The zero-order chi connectivity index (χ0) is 27.7. The number of aromatic nitrogens is 1. The van der Waals surface area contributed by atoms with Gasteiger partial charge in [-0.2, -0.15) is 4.31 Å². The van der Waals surface area contributed by atoms with Crippen molar-refractivity contribution in [2.45, 2.75) is 38.6 Å². The molecular weight excluding hydrogens is 514 g/mol. The third kappa shape index (κ3) is 5.42. The number of hydrogen-bond donors (Lipinski definition) is 1. The molecule has 4 aromatic rings. The molecule has 1 amide bonds.